The normalized spacial score (nSPS) is 15.7. The van der Waals surface area contributed by atoms with E-state index in [1.54, 1.807) is 12.1 Å². The third-order valence-corrected chi connectivity index (χ3v) is 5.08. The van der Waals surface area contributed by atoms with Crippen LogP contribution in [-0.2, 0) is 4.79 Å². The van der Waals surface area contributed by atoms with Crippen LogP contribution in [0.4, 0.5) is 5.82 Å². The number of hydrogen-bond acceptors (Lipinski definition) is 7. The van der Waals surface area contributed by atoms with E-state index in [4.69, 9.17) is 14.2 Å². The highest BCUT2D eigenvalue weighted by Crippen LogP contribution is 2.46. The number of thioether (sulfide) groups is 1. The summed E-state index contributed by atoms with van der Waals surface area (Å²) in [7, 11) is 4.55. The number of aromatic amines is 1. The summed E-state index contributed by atoms with van der Waals surface area (Å²) in [5, 5.41) is 3.18. The van der Waals surface area contributed by atoms with Crippen LogP contribution in [0.2, 0.25) is 0 Å². The highest BCUT2D eigenvalue weighted by molar-refractivity contribution is 7.99. The van der Waals surface area contributed by atoms with Gasteiger partial charge in [-0.15, -0.1) is 0 Å². The largest absolute Gasteiger partial charge is 0.493 e. The van der Waals surface area contributed by atoms with Gasteiger partial charge >= 0.3 is 0 Å². The zero-order chi connectivity index (χ0) is 19.6. The Morgan fingerprint density at radius 1 is 1.15 bits per heavy atom. The Labute approximate surface area is 160 Å². The number of ether oxygens (including phenoxy) is 3. The summed E-state index contributed by atoms with van der Waals surface area (Å²) in [6.45, 7) is 1.96. The second-order valence-corrected chi connectivity index (χ2v) is 7.05. The fourth-order valence-corrected chi connectivity index (χ4v) is 3.81. The highest BCUT2D eigenvalue weighted by Gasteiger charge is 2.34. The average molecular weight is 391 g/mol. The van der Waals surface area contributed by atoms with Gasteiger partial charge in [-0.3, -0.25) is 9.59 Å². The summed E-state index contributed by atoms with van der Waals surface area (Å²) in [5.74, 6) is 1.65. The maximum atomic E-state index is 12.8. The number of fused-ring (bicyclic) bond motifs is 1. The number of carbonyl (C=O) groups is 1. The molecule has 2 N–H and O–H groups in total. The fourth-order valence-electron chi connectivity index (χ4n) is 3.22. The zero-order valence-corrected chi connectivity index (χ0v) is 16.4. The SMILES string of the molecule is CCSc1nc2c(c(=O)[nH]1)C(c1ccc(OC)c(OC)c1OC)CC(=O)N2. The maximum absolute atomic E-state index is 12.8. The van der Waals surface area contributed by atoms with Gasteiger partial charge in [0.25, 0.3) is 5.56 Å². The number of aromatic nitrogens is 2. The van der Waals surface area contributed by atoms with Crippen molar-refractivity contribution in [3.63, 3.8) is 0 Å². The van der Waals surface area contributed by atoms with E-state index in [2.05, 4.69) is 15.3 Å². The fraction of sp³-hybridized carbons (Fsp3) is 0.389. The summed E-state index contributed by atoms with van der Waals surface area (Å²) in [4.78, 5) is 32.3. The van der Waals surface area contributed by atoms with E-state index in [1.807, 2.05) is 6.92 Å². The van der Waals surface area contributed by atoms with Gasteiger partial charge in [0.15, 0.2) is 16.7 Å². The number of methoxy groups -OCH3 is 3. The summed E-state index contributed by atoms with van der Waals surface area (Å²) in [5.41, 5.74) is 0.785. The first-order valence-corrected chi connectivity index (χ1v) is 9.38. The van der Waals surface area contributed by atoms with Gasteiger partial charge in [-0.1, -0.05) is 24.8 Å². The van der Waals surface area contributed by atoms with Crippen LogP contribution in [0.5, 0.6) is 17.2 Å². The minimum Gasteiger partial charge on any atom is -0.493 e. The number of nitrogens with zero attached hydrogens (tertiary/aromatic N) is 1. The molecule has 0 bridgehead atoms. The minimum absolute atomic E-state index is 0.101. The van der Waals surface area contributed by atoms with Crippen molar-refractivity contribution in [2.75, 3.05) is 32.4 Å². The Morgan fingerprint density at radius 2 is 1.89 bits per heavy atom. The van der Waals surface area contributed by atoms with Gasteiger partial charge in [0.2, 0.25) is 11.7 Å². The summed E-state index contributed by atoms with van der Waals surface area (Å²) in [6, 6.07) is 3.51. The van der Waals surface area contributed by atoms with Crippen LogP contribution in [0.25, 0.3) is 0 Å². The molecular weight excluding hydrogens is 370 g/mol. The molecule has 0 fully saturated rings. The Kier molecular flexibility index (Phi) is 5.59. The van der Waals surface area contributed by atoms with Crippen LogP contribution in [0.15, 0.2) is 22.1 Å². The van der Waals surface area contributed by atoms with E-state index in [9.17, 15) is 9.59 Å². The molecule has 1 unspecified atom stereocenters. The molecule has 0 saturated carbocycles. The van der Waals surface area contributed by atoms with Gasteiger partial charge in [-0.25, -0.2) is 4.98 Å². The molecule has 1 amide bonds. The molecule has 3 rings (SSSR count). The lowest BCUT2D eigenvalue weighted by Crippen LogP contribution is -2.31. The number of carbonyl (C=O) groups excluding carboxylic acids is 1. The molecular formula is C18H21N3O5S. The van der Waals surface area contributed by atoms with Gasteiger partial charge in [0, 0.05) is 17.9 Å². The van der Waals surface area contributed by atoms with Crippen molar-refractivity contribution in [2.24, 2.45) is 0 Å². The van der Waals surface area contributed by atoms with Gasteiger partial charge in [0.1, 0.15) is 5.82 Å². The van der Waals surface area contributed by atoms with Gasteiger partial charge < -0.3 is 24.5 Å². The van der Waals surface area contributed by atoms with Crippen molar-refractivity contribution in [1.29, 1.82) is 0 Å². The van der Waals surface area contributed by atoms with Crippen molar-refractivity contribution in [3.05, 3.63) is 33.6 Å². The summed E-state index contributed by atoms with van der Waals surface area (Å²) >= 11 is 1.40. The quantitative estimate of drug-likeness (QED) is 0.576. The number of amides is 1. The third-order valence-electron chi connectivity index (χ3n) is 4.32. The first-order valence-electron chi connectivity index (χ1n) is 8.39. The number of rotatable bonds is 6. The molecule has 8 nitrogen and oxygen atoms in total. The van der Waals surface area contributed by atoms with Crippen LogP contribution in [-0.4, -0.2) is 43.0 Å². The summed E-state index contributed by atoms with van der Waals surface area (Å²) in [6.07, 6.45) is 0.101. The Hall–Kier alpha value is -2.68. The molecule has 0 saturated heterocycles. The van der Waals surface area contributed by atoms with E-state index < -0.39 is 5.92 Å². The number of anilines is 1. The lowest BCUT2D eigenvalue weighted by molar-refractivity contribution is -0.116. The van der Waals surface area contributed by atoms with Crippen LogP contribution in [0.1, 0.15) is 30.4 Å². The zero-order valence-electron chi connectivity index (χ0n) is 15.5. The van der Waals surface area contributed by atoms with Crippen LogP contribution in [0.3, 0.4) is 0 Å². The van der Waals surface area contributed by atoms with Crippen molar-refractivity contribution in [2.45, 2.75) is 24.4 Å². The molecule has 1 aromatic carbocycles. The topological polar surface area (TPSA) is 103 Å². The third kappa shape index (κ3) is 3.46. The van der Waals surface area contributed by atoms with E-state index in [-0.39, 0.29) is 23.7 Å². The average Bonchev–Trinajstić information content (AvgIpc) is 2.65. The van der Waals surface area contributed by atoms with Crippen LogP contribution >= 0.6 is 11.8 Å². The molecule has 9 heteroatoms. The summed E-state index contributed by atoms with van der Waals surface area (Å²) < 4.78 is 16.3. The van der Waals surface area contributed by atoms with Crippen molar-refractivity contribution in [3.8, 4) is 17.2 Å². The first-order chi connectivity index (χ1) is 13.0. The number of nitrogens with one attached hydrogen (secondary N) is 2. The minimum atomic E-state index is -0.513. The standard InChI is InChI=1S/C18H21N3O5S/c1-5-27-18-20-16-13(17(23)21-18)10(8-12(22)19-16)9-6-7-11(24-2)15(26-4)14(9)25-3/h6-7,10H,5,8H2,1-4H3,(H2,19,20,21,22,23). The Bertz CT molecular complexity index is 928. The monoisotopic (exact) mass is 391 g/mol. The Balaban J connectivity index is 2.20. The lowest BCUT2D eigenvalue weighted by atomic mass is 9.86. The lowest BCUT2D eigenvalue weighted by Gasteiger charge is -2.26. The maximum Gasteiger partial charge on any atom is 0.257 e. The van der Waals surface area contributed by atoms with Crippen LogP contribution in [0, 0.1) is 0 Å². The Morgan fingerprint density at radius 3 is 2.52 bits per heavy atom. The molecule has 2 heterocycles. The predicted octanol–water partition coefficient (Wildman–Crippen LogP) is 2.38. The second kappa shape index (κ2) is 7.91. The van der Waals surface area contributed by atoms with E-state index >= 15 is 0 Å². The highest BCUT2D eigenvalue weighted by atomic mass is 32.2. The molecule has 0 radical (unpaired) electrons. The molecule has 2 aromatic rings. The van der Waals surface area contributed by atoms with Crippen molar-refractivity contribution < 1.29 is 19.0 Å². The van der Waals surface area contributed by atoms with Crippen molar-refractivity contribution in [1.82, 2.24) is 9.97 Å². The van der Waals surface area contributed by atoms with E-state index in [1.165, 1.54) is 33.1 Å². The molecule has 1 atom stereocenters. The number of H-pyrrole nitrogens is 1. The van der Waals surface area contributed by atoms with Gasteiger partial charge in [-0.2, -0.15) is 0 Å². The number of hydrogen-bond donors (Lipinski definition) is 2. The first kappa shape index (κ1) is 19.1. The van der Waals surface area contributed by atoms with Gasteiger partial charge in [0.05, 0.1) is 26.9 Å². The smallest absolute Gasteiger partial charge is 0.257 e. The van der Waals surface area contributed by atoms with Gasteiger partial charge in [-0.05, 0) is 11.8 Å². The molecule has 1 aliphatic rings. The molecule has 0 aliphatic carbocycles. The predicted molar refractivity (Wildman–Crippen MR) is 102 cm³/mol. The molecule has 144 valence electrons. The number of benzene rings is 1. The van der Waals surface area contributed by atoms with E-state index in [0.29, 0.717) is 33.5 Å². The molecule has 1 aliphatic heterocycles. The molecule has 1 aromatic heterocycles. The molecule has 27 heavy (non-hydrogen) atoms. The van der Waals surface area contributed by atoms with Crippen molar-refractivity contribution >= 4 is 23.5 Å². The van der Waals surface area contributed by atoms with Crippen LogP contribution < -0.4 is 25.1 Å². The molecule has 0 spiro atoms. The van der Waals surface area contributed by atoms with E-state index in [0.717, 1.165) is 5.75 Å². The second-order valence-electron chi connectivity index (χ2n) is 5.79.